The summed E-state index contributed by atoms with van der Waals surface area (Å²) in [6.45, 7) is -0.500. The Morgan fingerprint density at radius 3 is 0.500 bits per heavy atom. The first-order valence-electron chi connectivity index (χ1n) is 0.988. The summed E-state index contributed by atoms with van der Waals surface area (Å²) in [6, 6.07) is 0. The molecule has 0 spiro atoms. The van der Waals surface area contributed by atoms with Gasteiger partial charge in [0.1, 0.15) is 0 Å². The predicted molar refractivity (Wildman–Crippen MR) is 61.2 cm³/mol. The molecule has 0 aliphatic rings. The zero-order valence-electron chi connectivity index (χ0n) is 10.9. The molecule has 13 nitrogen and oxygen atoms in total. The van der Waals surface area contributed by atoms with Crippen molar-refractivity contribution in [2.24, 2.45) is 0 Å². The molecular weight excluding hydrogens is 525 g/mol. The molecule has 0 amide bonds. The van der Waals surface area contributed by atoms with Gasteiger partial charge in [0, 0.05) is 0 Å². The molecule has 0 radical (unpaired) electrons. The molecule has 0 saturated carbocycles. The quantitative estimate of drug-likeness (QED) is 0.0984. The van der Waals surface area contributed by atoms with E-state index in [4.69, 9.17) is 19.8 Å². The van der Waals surface area contributed by atoms with E-state index >= 15 is 0 Å². The Kier molecular flexibility index (Phi) is 17200. The molecule has 18 heteroatoms. The van der Waals surface area contributed by atoms with Crippen LogP contribution in [0.25, 0.3) is 0 Å². The summed E-state index contributed by atoms with van der Waals surface area (Å²) >= 11 is 0. The average Bonchev–Trinajstić information content (AvgIpc) is 1.39. The molecule has 0 rings (SSSR count). The molecule has 0 atom stereocenters. The smallest absolute Gasteiger partial charge is 1.00 e. The maximum absolute atomic E-state index is 8.36. The van der Waals surface area contributed by atoms with Gasteiger partial charge in [0.2, 0.25) is 0 Å². The first kappa shape index (κ1) is 364. The Balaban J connectivity index is -0.000000000672. The molecule has 0 fully saturated rings. The molecule has 20 heavy (non-hydrogen) atoms. The van der Waals surface area contributed by atoms with Crippen LogP contribution in [0.15, 0.2) is 0 Å². The maximum Gasteiger partial charge on any atom is 4.00 e. The van der Waals surface area contributed by atoms with Crippen LogP contribution >= 0.6 is 0 Å². The van der Waals surface area contributed by atoms with Crippen molar-refractivity contribution in [3.63, 3.8) is 0 Å². The summed E-state index contributed by atoms with van der Waals surface area (Å²) in [5.41, 5.74) is 0. The summed E-state index contributed by atoms with van der Waals surface area (Å²) in [6.07, 6.45) is 0. The van der Waals surface area contributed by atoms with Crippen LogP contribution in [0.3, 0.4) is 0 Å². The monoisotopic (exact) mass is 555 g/mol. The fourth-order valence-electron chi connectivity index (χ4n) is 0. The van der Waals surface area contributed by atoms with E-state index in [1.807, 2.05) is 0 Å². The first-order valence-corrected chi connectivity index (χ1v) is 0.988. The second-order valence-electron chi connectivity index (χ2n) is 0.211. The first-order chi connectivity index (χ1) is 2.83. The van der Waals surface area contributed by atoms with Gasteiger partial charge in [-0.25, -0.2) is 0 Å². The molecule has 0 aromatic heterocycles. The maximum atomic E-state index is 8.36. The van der Waals surface area contributed by atoms with Crippen molar-refractivity contribution in [2.75, 3.05) is 0 Å². The molecule has 140 valence electrons. The van der Waals surface area contributed by atoms with Crippen molar-refractivity contribution in [3.05, 3.63) is 0 Å². The van der Waals surface area contributed by atoms with E-state index in [1.165, 1.54) is 0 Å². The summed E-state index contributed by atoms with van der Waals surface area (Å²) in [4.78, 5) is 16.7. The van der Waals surface area contributed by atoms with Gasteiger partial charge in [-0.3, -0.25) is 9.59 Å². The molecule has 0 bridgehead atoms. The van der Waals surface area contributed by atoms with E-state index in [0.717, 1.165) is 0 Å². The van der Waals surface area contributed by atoms with Crippen LogP contribution in [0.2, 0.25) is 0 Å². The summed E-state index contributed by atoms with van der Waals surface area (Å²) in [7, 11) is 0. The van der Waals surface area contributed by atoms with Crippen LogP contribution in [-0.2, 0) is 48.5 Å². The van der Waals surface area contributed by atoms with E-state index in [-0.39, 0.29) is 144 Å². The normalized spacial score (nSPS) is 1.20. The van der Waals surface area contributed by atoms with Gasteiger partial charge < -0.3 is 102 Å². The summed E-state index contributed by atoms with van der Waals surface area (Å²) in [5.74, 6) is 0. The average molecular weight is 555 g/mol. The third kappa shape index (κ3) is 12100. The van der Waals surface area contributed by atoms with E-state index < -0.39 is 0 Å². The second-order valence-corrected chi connectivity index (χ2v) is 0.211. The Bertz CT molecular complexity index is 63.1. The van der Waals surface area contributed by atoms with Crippen LogP contribution in [0, 0.1) is 0 Å². The zero-order valence-corrected chi connectivity index (χ0v) is 16.6. The van der Waals surface area contributed by atoms with E-state index in [1.54, 1.807) is 0 Å². The van der Waals surface area contributed by atoms with Gasteiger partial charge >= 0.3 is 39.0 Å². The van der Waals surface area contributed by atoms with Gasteiger partial charge in [-0.05, 0) is 0 Å². The van der Waals surface area contributed by atoms with Crippen molar-refractivity contribution in [2.45, 2.75) is 0 Å². The molecule has 0 heterocycles. The molecular formula is C2H30Cl3N8O5Ru2+5. The number of hydrogen-bond acceptors (Lipinski definition) is 10. The molecule has 0 aliphatic heterocycles. The minimum Gasteiger partial charge on any atom is -1.00 e. The fourth-order valence-corrected chi connectivity index (χ4v) is 0. The molecule has 28 N–H and O–H groups in total. The Labute approximate surface area is 163 Å². The van der Waals surface area contributed by atoms with Crippen molar-refractivity contribution >= 4 is 12.9 Å². The minimum atomic E-state index is -0.250. The number of halogens is 3. The molecule has 0 aromatic rings. The van der Waals surface area contributed by atoms with Crippen LogP contribution in [0.4, 0.5) is 0 Å². The Morgan fingerprint density at radius 2 is 0.500 bits per heavy atom. The Hall–Kier alpha value is 0.697. The van der Waals surface area contributed by atoms with E-state index in [0.29, 0.717) is 0 Å². The van der Waals surface area contributed by atoms with Crippen LogP contribution in [-0.4, -0.2) is 28.6 Å². The van der Waals surface area contributed by atoms with E-state index in [9.17, 15) is 0 Å². The topological polar surface area (TPSA) is 386 Å². The third-order valence-corrected chi connectivity index (χ3v) is 0. The van der Waals surface area contributed by atoms with Crippen molar-refractivity contribution < 1.29 is 101 Å². The van der Waals surface area contributed by atoms with Crippen LogP contribution in [0.1, 0.15) is 0 Å². The molecule has 0 unspecified atom stereocenters. The molecule has 0 aliphatic carbocycles. The summed E-state index contributed by atoms with van der Waals surface area (Å²) < 4.78 is 0. The number of carbonyl (C=O) groups is 2. The van der Waals surface area contributed by atoms with Crippen molar-refractivity contribution in [1.82, 2.24) is 49.2 Å². The molecule has 0 aromatic carbocycles. The van der Waals surface area contributed by atoms with Gasteiger partial charge in [-0.15, -0.1) is 0 Å². The Morgan fingerprint density at radius 1 is 0.500 bits per heavy atom. The zero-order chi connectivity index (χ0) is 5.41. The van der Waals surface area contributed by atoms with Crippen molar-refractivity contribution in [3.8, 4) is 0 Å². The van der Waals surface area contributed by atoms with Gasteiger partial charge in [-0.2, -0.15) is 0 Å². The van der Waals surface area contributed by atoms with Crippen molar-refractivity contribution in [1.29, 1.82) is 0 Å². The van der Waals surface area contributed by atoms with Gasteiger partial charge in [0.25, 0.3) is 12.9 Å². The summed E-state index contributed by atoms with van der Waals surface area (Å²) in [5, 5.41) is 13.8. The minimum absolute atomic E-state index is 0. The molecule has 0 saturated heterocycles. The van der Waals surface area contributed by atoms with Crippen LogP contribution in [0.5, 0.6) is 0 Å². The van der Waals surface area contributed by atoms with Crippen LogP contribution < -0.4 is 86.4 Å². The number of carboxylic acid groups (broad SMARTS) is 2. The van der Waals surface area contributed by atoms with Gasteiger partial charge in [0.05, 0.1) is 0 Å². The SMILES string of the molecule is N.N.N.N.N.N.N.N.O.O=CO.O=CO.[Cl-].[Cl-].[Cl-].[Ru+4].[Ru+4]. The standard InChI is InChI=1S/2CH2O2.3ClH.8H3N.H2O.2Ru/c2*2-1-3;;;;;;;;;;;;;;/h2*1H,(H,2,3);3*1H;8*1H3;1H2;;/q;;;;;;;;;;;;;;2*+4/p-3. The second kappa shape index (κ2) is 947. The number of rotatable bonds is 0. The van der Waals surface area contributed by atoms with E-state index in [2.05, 4.69) is 0 Å². The van der Waals surface area contributed by atoms with Gasteiger partial charge in [-0.1, -0.05) is 0 Å². The predicted octanol–water partition coefficient (Wildman–Crippen LogP) is -9.12. The number of hydrogen-bond donors (Lipinski definition) is 10. The van der Waals surface area contributed by atoms with Gasteiger partial charge in [0.15, 0.2) is 0 Å². The third-order valence-electron chi connectivity index (χ3n) is 0. The fraction of sp³-hybridized carbons (Fsp3) is 0. The largest absolute Gasteiger partial charge is 4.00 e.